The predicted octanol–water partition coefficient (Wildman–Crippen LogP) is 3.61. The van der Waals surface area contributed by atoms with Crippen LogP contribution in [0.4, 0.5) is 5.82 Å². The number of benzene rings is 1. The van der Waals surface area contributed by atoms with Crippen molar-refractivity contribution in [3.63, 3.8) is 0 Å². The Morgan fingerprint density at radius 3 is 2.41 bits per heavy atom. The molecule has 1 N–H and O–H groups in total. The van der Waals surface area contributed by atoms with Crippen LogP contribution >= 0.6 is 0 Å². The third-order valence-electron chi connectivity index (χ3n) is 8.96. The number of fused-ring (bicyclic) bond motifs is 2. The quantitative estimate of drug-likeness (QED) is 0.386. The number of ether oxygens (including phenoxy) is 1. The van der Waals surface area contributed by atoms with Crippen molar-refractivity contribution >= 4 is 28.0 Å². The Morgan fingerprint density at radius 1 is 0.974 bits per heavy atom. The average Bonchev–Trinajstić information content (AvgIpc) is 3.48. The summed E-state index contributed by atoms with van der Waals surface area (Å²) >= 11 is 0. The van der Waals surface area contributed by atoms with Crippen molar-refractivity contribution in [1.82, 2.24) is 34.0 Å². The van der Waals surface area contributed by atoms with E-state index in [4.69, 9.17) is 24.7 Å². The minimum Gasteiger partial charge on any atom is -0.390 e. The van der Waals surface area contributed by atoms with Crippen molar-refractivity contribution in [2.45, 2.75) is 58.6 Å². The van der Waals surface area contributed by atoms with Crippen LogP contribution in [0.2, 0.25) is 0 Å². The average molecular weight is 533 g/mol. The molecule has 208 valence electrons. The van der Waals surface area contributed by atoms with E-state index < -0.39 is 5.60 Å². The number of hydrogen-bond acceptors (Lipinski definition) is 8. The van der Waals surface area contributed by atoms with Gasteiger partial charge in [0.2, 0.25) is 5.95 Å². The van der Waals surface area contributed by atoms with E-state index in [1.165, 1.54) is 0 Å². The van der Waals surface area contributed by atoms with E-state index in [0.29, 0.717) is 25.1 Å². The number of imidazole rings is 2. The molecule has 0 amide bonds. The molecule has 0 aliphatic carbocycles. The van der Waals surface area contributed by atoms with Gasteiger partial charge in [0.15, 0.2) is 17.0 Å². The van der Waals surface area contributed by atoms with Gasteiger partial charge in [0.05, 0.1) is 36.4 Å². The number of para-hydroxylation sites is 2. The van der Waals surface area contributed by atoms with Gasteiger partial charge in [0.25, 0.3) is 0 Å². The first-order chi connectivity index (χ1) is 18.9. The molecular formula is C29H40N8O2. The fourth-order valence-corrected chi connectivity index (χ4v) is 6.37. The van der Waals surface area contributed by atoms with Crippen LogP contribution in [-0.4, -0.2) is 84.1 Å². The highest BCUT2D eigenvalue weighted by atomic mass is 16.5. The van der Waals surface area contributed by atoms with Crippen LogP contribution in [0.1, 0.15) is 51.2 Å². The molecule has 0 saturated carbocycles. The maximum atomic E-state index is 11.0. The van der Waals surface area contributed by atoms with Gasteiger partial charge < -0.3 is 19.3 Å². The van der Waals surface area contributed by atoms with Gasteiger partial charge in [0.1, 0.15) is 11.6 Å². The molecule has 10 heteroatoms. The van der Waals surface area contributed by atoms with Gasteiger partial charge >= 0.3 is 0 Å². The van der Waals surface area contributed by atoms with E-state index in [1.807, 2.05) is 29.7 Å². The molecule has 2 saturated heterocycles. The van der Waals surface area contributed by atoms with E-state index in [9.17, 15) is 5.11 Å². The number of hydrogen-bond donors (Lipinski definition) is 1. The van der Waals surface area contributed by atoms with Gasteiger partial charge in [0, 0.05) is 20.1 Å². The highest BCUT2D eigenvalue weighted by Gasteiger charge is 2.36. The highest BCUT2D eigenvalue weighted by Crippen LogP contribution is 2.34. The molecule has 39 heavy (non-hydrogen) atoms. The standard InChI is InChI=1S/C29H40N8O2/c1-5-29(38,6-2)21-11-13-35(14-12-21)19-24-31-25-26(34(24)4)32-28(33-27(25)36-15-17-39-18-16-36)37-20(3)30-22-9-7-8-10-23(22)37/h7-10,21,38H,5-6,11-19H2,1-4H3. The molecule has 6 rings (SSSR count). The predicted molar refractivity (Wildman–Crippen MR) is 152 cm³/mol. The molecule has 3 aromatic heterocycles. The van der Waals surface area contributed by atoms with Crippen LogP contribution in [0, 0.1) is 12.8 Å². The summed E-state index contributed by atoms with van der Waals surface area (Å²) in [7, 11) is 2.06. The smallest absolute Gasteiger partial charge is 0.239 e. The molecule has 0 bridgehead atoms. The second kappa shape index (κ2) is 10.5. The van der Waals surface area contributed by atoms with Crippen molar-refractivity contribution in [3.8, 4) is 5.95 Å². The number of anilines is 1. The summed E-state index contributed by atoms with van der Waals surface area (Å²) < 4.78 is 9.81. The Balaban J connectivity index is 1.36. The number of morpholine rings is 1. The Kier molecular flexibility index (Phi) is 7.03. The Hall–Kier alpha value is -3.08. The monoisotopic (exact) mass is 532 g/mol. The first kappa shape index (κ1) is 26.2. The number of nitrogens with zero attached hydrogens (tertiary/aromatic N) is 8. The molecule has 0 atom stereocenters. The Labute approximate surface area is 229 Å². The molecule has 0 radical (unpaired) electrons. The lowest BCUT2D eigenvalue weighted by Gasteiger charge is -2.40. The van der Waals surface area contributed by atoms with Gasteiger partial charge in [-0.05, 0) is 63.7 Å². The molecule has 0 unspecified atom stereocenters. The van der Waals surface area contributed by atoms with Gasteiger partial charge in [-0.1, -0.05) is 26.0 Å². The first-order valence-corrected chi connectivity index (χ1v) is 14.4. The lowest BCUT2D eigenvalue weighted by Crippen LogP contribution is -2.44. The van der Waals surface area contributed by atoms with Gasteiger partial charge in [-0.15, -0.1) is 0 Å². The normalized spacial score (nSPS) is 18.0. The zero-order valence-electron chi connectivity index (χ0n) is 23.6. The second-order valence-electron chi connectivity index (χ2n) is 11.1. The van der Waals surface area contributed by atoms with Crippen molar-refractivity contribution in [2.75, 3.05) is 44.3 Å². The summed E-state index contributed by atoms with van der Waals surface area (Å²) in [6, 6.07) is 8.11. The molecule has 10 nitrogen and oxygen atoms in total. The van der Waals surface area contributed by atoms with E-state index in [0.717, 1.165) is 98.1 Å². The lowest BCUT2D eigenvalue weighted by molar-refractivity contribution is -0.0499. The van der Waals surface area contributed by atoms with E-state index in [-0.39, 0.29) is 0 Å². The van der Waals surface area contributed by atoms with Crippen LogP contribution in [0.25, 0.3) is 28.1 Å². The topological polar surface area (TPSA) is 97.4 Å². The number of likely N-dealkylation sites (tertiary alicyclic amines) is 1. The maximum Gasteiger partial charge on any atom is 0.239 e. The van der Waals surface area contributed by atoms with E-state index in [2.05, 4.69) is 41.3 Å². The fraction of sp³-hybridized carbons (Fsp3) is 0.586. The van der Waals surface area contributed by atoms with Crippen LogP contribution < -0.4 is 4.90 Å². The SMILES string of the molecule is CCC(O)(CC)C1CCN(Cc2nc3c(N4CCOCC4)nc(-n4c(C)nc5ccccc54)nc3n2C)CC1. The summed E-state index contributed by atoms with van der Waals surface area (Å²) in [6.45, 7) is 11.8. The molecule has 2 aliphatic rings. The van der Waals surface area contributed by atoms with Crippen molar-refractivity contribution in [2.24, 2.45) is 13.0 Å². The lowest BCUT2D eigenvalue weighted by atomic mass is 9.77. The molecule has 4 aromatic rings. The summed E-state index contributed by atoms with van der Waals surface area (Å²) in [6.07, 6.45) is 3.65. The number of piperidine rings is 1. The third-order valence-corrected chi connectivity index (χ3v) is 8.96. The zero-order chi connectivity index (χ0) is 27.1. The minimum atomic E-state index is -0.543. The number of aromatic nitrogens is 6. The summed E-state index contributed by atoms with van der Waals surface area (Å²) in [5.41, 5.74) is 3.04. The molecule has 2 aliphatic heterocycles. The summed E-state index contributed by atoms with van der Waals surface area (Å²) in [5, 5.41) is 11.0. The minimum absolute atomic E-state index is 0.360. The largest absolute Gasteiger partial charge is 0.390 e. The highest BCUT2D eigenvalue weighted by molar-refractivity contribution is 5.86. The van der Waals surface area contributed by atoms with Crippen LogP contribution in [-0.2, 0) is 18.3 Å². The van der Waals surface area contributed by atoms with Gasteiger partial charge in [-0.25, -0.2) is 9.97 Å². The van der Waals surface area contributed by atoms with Crippen LogP contribution in [0.3, 0.4) is 0 Å². The maximum absolute atomic E-state index is 11.0. The number of rotatable bonds is 7. The van der Waals surface area contributed by atoms with Crippen molar-refractivity contribution < 1.29 is 9.84 Å². The third kappa shape index (κ3) is 4.68. The van der Waals surface area contributed by atoms with E-state index >= 15 is 0 Å². The molecule has 2 fully saturated rings. The molecule has 0 spiro atoms. The summed E-state index contributed by atoms with van der Waals surface area (Å²) in [5.74, 6) is 3.67. The second-order valence-corrected chi connectivity index (χ2v) is 11.1. The van der Waals surface area contributed by atoms with Gasteiger partial charge in [-0.2, -0.15) is 9.97 Å². The summed E-state index contributed by atoms with van der Waals surface area (Å²) in [4.78, 5) is 24.8. The molecule has 1 aromatic carbocycles. The van der Waals surface area contributed by atoms with Gasteiger partial charge in [-0.3, -0.25) is 9.47 Å². The Bertz CT molecular complexity index is 1460. The first-order valence-electron chi connectivity index (χ1n) is 14.4. The zero-order valence-corrected chi connectivity index (χ0v) is 23.6. The van der Waals surface area contributed by atoms with E-state index in [1.54, 1.807) is 0 Å². The molecular weight excluding hydrogens is 492 g/mol. The number of aliphatic hydroxyl groups is 1. The fourth-order valence-electron chi connectivity index (χ4n) is 6.37. The Morgan fingerprint density at radius 2 is 1.69 bits per heavy atom. The van der Waals surface area contributed by atoms with Crippen LogP contribution in [0.5, 0.6) is 0 Å². The van der Waals surface area contributed by atoms with Crippen molar-refractivity contribution in [1.29, 1.82) is 0 Å². The molecule has 5 heterocycles. The van der Waals surface area contributed by atoms with Crippen molar-refractivity contribution in [3.05, 3.63) is 35.9 Å². The van der Waals surface area contributed by atoms with Crippen LogP contribution in [0.15, 0.2) is 24.3 Å². The number of aryl methyl sites for hydroxylation is 2.